The van der Waals surface area contributed by atoms with Crippen molar-refractivity contribution < 1.29 is 9.59 Å². The molecule has 0 saturated carbocycles. The van der Waals surface area contributed by atoms with Crippen LogP contribution < -0.4 is 16.4 Å². The van der Waals surface area contributed by atoms with Crippen LogP contribution >= 0.6 is 0 Å². The number of hydrogen-bond acceptors (Lipinski definition) is 5. The van der Waals surface area contributed by atoms with Crippen molar-refractivity contribution in [1.29, 1.82) is 0 Å². The minimum atomic E-state index is -0.521. The lowest BCUT2D eigenvalue weighted by Crippen LogP contribution is -2.31. The molecule has 118 valence electrons. The topological polar surface area (TPSA) is 115 Å². The third-order valence-electron chi connectivity index (χ3n) is 3.61. The number of allylic oxidation sites excluding steroid dienone is 1. The Balaban J connectivity index is 2.05. The molecule has 23 heavy (non-hydrogen) atoms. The Hall–Kier alpha value is -3.16. The van der Waals surface area contributed by atoms with Crippen LogP contribution in [0.25, 0.3) is 0 Å². The van der Waals surface area contributed by atoms with Gasteiger partial charge in [-0.05, 0) is 24.6 Å². The number of nitrogens with zero attached hydrogens (tertiary/aromatic N) is 3. The van der Waals surface area contributed by atoms with Crippen LogP contribution in [-0.2, 0) is 9.59 Å². The highest BCUT2D eigenvalue weighted by Gasteiger charge is 2.32. The van der Waals surface area contributed by atoms with Crippen molar-refractivity contribution in [2.24, 2.45) is 5.73 Å². The molecule has 0 radical (unpaired) electrons. The Morgan fingerprint density at radius 3 is 2.61 bits per heavy atom. The van der Waals surface area contributed by atoms with Crippen molar-refractivity contribution >= 4 is 23.5 Å². The summed E-state index contributed by atoms with van der Waals surface area (Å²) in [5.41, 5.74) is 8.12. The molecule has 4 N–H and O–H groups in total. The number of anilines is 2. The maximum Gasteiger partial charge on any atom is 0.248 e. The van der Waals surface area contributed by atoms with Crippen molar-refractivity contribution in [2.75, 3.05) is 10.6 Å². The second-order valence-electron chi connectivity index (χ2n) is 5.26. The van der Waals surface area contributed by atoms with Crippen molar-refractivity contribution in [3.05, 3.63) is 47.4 Å². The van der Waals surface area contributed by atoms with E-state index >= 15 is 0 Å². The molecule has 0 saturated heterocycles. The van der Waals surface area contributed by atoms with Crippen molar-refractivity contribution in [3.8, 4) is 0 Å². The first kappa shape index (κ1) is 14.8. The molecular formula is C15H16N6O2. The van der Waals surface area contributed by atoms with Gasteiger partial charge in [0.25, 0.3) is 0 Å². The number of carbonyl (C=O) groups excluding carboxylic acids is 2. The molecular weight excluding hydrogens is 296 g/mol. The van der Waals surface area contributed by atoms with Gasteiger partial charge in [0.15, 0.2) is 0 Å². The van der Waals surface area contributed by atoms with E-state index in [1.165, 1.54) is 13.3 Å². The number of hydrogen-bond donors (Lipinski definition) is 3. The van der Waals surface area contributed by atoms with Crippen LogP contribution in [0.1, 0.15) is 25.5 Å². The molecule has 0 fully saturated rings. The monoisotopic (exact) mass is 312 g/mol. The normalized spacial score (nSPS) is 16.5. The predicted octanol–water partition coefficient (Wildman–Crippen LogP) is 1.01. The van der Waals surface area contributed by atoms with Gasteiger partial charge in [0.05, 0.1) is 5.57 Å². The van der Waals surface area contributed by atoms with Gasteiger partial charge in [-0.2, -0.15) is 10.1 Å². The van der Waals surface area contributed by atoms with Crippen molar-refractivity contribution in [1.82, 2.24) is 14.8 Å². The van der Waals surface area contributed by atoms with Gasteiger partial charge in [0, 0.05) is 18.3 Å². The number of rotatable bonds is 3. The van der Waals surface area contributed by atoms with Crippen LogP contribution in [0.15, 0.2) is 41.9 Å². The Bertz CT molecular complexity index is 806. The molecule has 1 aliphatic rings. The zero-order valence-corrected chi connectivity index (χ0v) is 12.7. The lowest BCUT2D eigenvalue weighted by atomic mass is 9.95. The summed E-state index contributed by atoms with van der Waals surface area (Å²) in [4.78, 5) is 27.1. The summed E-state index contributed by atoms with van der Waals surface area (Å²) in [7, 11) is 0. The Kier molecular flexibility index (Phi) is 3.57. The van der Waals surface area contributed by atoms with Gasteiger partial charge in [-0.15, -0.1) is 0 Å². The van der Waals surface area contributed by atoms with Gasteiger partial charge in [-0.3, -0.25) is 9.59 Å². The number of nitrogens with one attached hydrogen (secondary N) is 2. The van der Waals surface area contributed by atoms with Gasteiger partial charge in [0.2, 0.25) is 17.8 Å². The highest BCUT2D eigenvalue weighted by Crippen LogP contribution is 2.34. The summed E-state index contributed by atoms with van der Waals surface area (Å²) in [5, 5.41) is 9.91. The Morgan fingerprint density at radius 1 is 1.30 bits per heavy atom. The summed E-state index contributed by atoms with van der Waals surface area (Å²) in [5.74, 6) is -0.123. The molecule has 3 rings (SSSR count). The quantitative estimate of drug-likeness (QED) is 0.782. The summed E-state index contributed by atoms with van der Waals surface area (Å²) < 4.78 is 1.61. The summed E-state index contributed by atoms with van der Waals surface area (Å²) in [6.45, 7) is 3.22. The van der Waals surface area contributed by atoms with E-state index < -0.39 is 11.9 Å². The van der Waals surface area contributed by atoms with Crippen LogP contribution in [0.3, 0.4) is 0 Å². The molecule has 2 amide bonds. The average molecular weight is 312 g/mol. The number of fused-ring (bicyclic) bond motifs is 1. The Morgan fingerprint density at radius 2 is 2.00 bits per heavy atom. The molecule has 0 aliphatic carbocycles. The number of amides is 2. The highest BCUT2D eigenvalue weighted by molar-refractivity contribution is 5.95. The number of aromatic nitrogens is 3. The minimum Gasteiger partial charge on any atom is -0.366 e. The molecule has 1 atom stereocenters. The molecule has 2 heterocycles. The van der Waals surface area contributed by atoms with E-state index in [0.717, 1.165) is 5.56 Å². The van der Waals surface area contributed by atoms with Gasteiger partial charge in [-0.1, -0.05) is 12.1 Å². The predicted molar refractivity (Wildman–Crippen MR) is 84.4 cm³/mol. The van der Waals surface area contributed by atoms with Gasteiger partial charge in [0.1, 0.15) is 12.4 Å². The fourth-order valence-corrected chi connectivity index (χ4v) is 2.67. The van der Waals surface area contributed by atoms with Crippen LogP contribution in [0.2, 0.25) is 0 Å². The van der Waals surface area contributed by atoms with E-state index in [2.05, 4.69) is 20.7 Å². The van der Waals surface area contributed by atoms with Gasteiger partial charge >= 0.3 is 0 Å². The molecule has 2 aromatic rings. The van der Waals surface area contributed by atoms with Crippen molar-refractivity contribution in [2.45, 2.75) is 19.9 Å². The number of nitrogens with two attached hydrogens (primary N) is 1. The van der Waals surface area contributed by atoms with Gasteiger partial charge in [-0.25, -0.2) is 4.68 Å². The number of benzene rings is 1. The van der Waals surface area contributed by atoms with E-state index in [9.17, 15) is 9.59 Å². The molecule has 1 aliphatic heterocycles. The second-order valence-corrected chi connectivity index (χ2v) is 5.26. The van der Waals surface area contributed by atoms with Crippen LogP contribution in [0.4, 0.5) is 11.6 Å². The van der Waals surface area contributed by atoms with E-state index in [4.69, 9.17) is 5.73 Å². The van der Waals surface area contributed by atoms with Crippen LogP contribution in [-0.4, -0.2) is 26.6 Å². The smallest absolute Gasteiger partial charge is 0.248 e. The fraction of sp³-hybridized carbons (Fsp3) is 0.200. The molecule has 0 bridgehead atoms. The van der Waals surface area contributed by atoms with Crippen LogP contribution in [0.5, 0.6) is 0 Å². The molecule has 8 nitrogen and oxygen atoms in total. The SMILES string of the molecule is CC(=O)Nc1ccc([C@@H]2C(C(N)=O)=C(C)Nc3ncnn32)cc1. The second kappa shape index (κ2) is 5.56. The molecule has 1 aromatic heterocycles. The number of carbonyl (C=O) groups is 2. The average Bonchev–Trinajstić information content (AvgIpc) is 2.93. The zero-order chi connectivity index (χ0) is 16.6. The maximum atomic E-state index is 11.9. The van der Waals surface area contributed by atoms with Crippen molar-refractivity contribution in [3.63, 3.8) is 0 Å². The third-order valence-corrected chi connectivity index (χ3v) is 3.61. The first-order chi connectivity index (χ1) is 11.0. The van der Waals surface area contributed by atoms with Crippen LogP contribution in [0, 0.1) is 0 Å². The lowest BCUT2D eigenvalue weighted by molar-refractivity contribution is -0.115. The lowest BCUT2D eigenvalue weighted by Gasteiger charge is -2.27. The van der Waals surface area contributed by atoms with Gasteiger partial charge < -0.3 is 16.4 Å². The third kappa shape index (κ3) is 2.66. The first-order valence-electron chi connectivity index (χ1n) is 7.02. The summed E-state index contributed by atoms with van der Waals surface area (Å²) in [6.07, 6.45) is 1.41. The highest BCUT2D eigenvalue weighted by atomic mass is 16.1. The fourth-order valence-electron chi connectivity index (χ4n) is 2.67. The van der Waals surface area contributed by atoms with E-state index in [1.807, 2.05) is 12.1 Å². The van der Waals surface area contributed by atoms with E-state index in [-0.39, 0.29) is 5.91 Å². The minimum absolute atomic E-state index is 0.147. The largest absolute Gasteiger partial charge is 0.366 e. The summed E-state index contributed by atoms with van der Waals surface area (Å²) >= 11 is 0. The standard InChI is InChI=1S/C15H16N6O2/c1-8-12(14(16)23)13(21-15(19-8)17-7-18-21)10-3-5-11(6-4-10)20-9(2)22/h3-7,13H,1-2H3,(H2,16,23)(H,20,22)(H,17,18,19)/t13-/m1/s1. The summed E-state index contributed by atoms with van der Waals surface area (Å²) in [6, 6.07) is 6.72. The van der Waals surface area contributed by atoms with E-state index in [1.54, 1.807) is 23.7 Å². The molecule has 1 aromatic carbocycles. The molecule has 0 unspecified atom stereocenters. The molecule has 0 spiro atoms. The molecule has 8 heteroatoms. The number of primary amides is 1. The van der Waals surface area contributed by atoms with E-state index in [0.29, 0.717) is 22.9 Å². The first-order valence-corrected chi connectivity index (χ1v) is 7.02. The maximum absolute atomic E-state index is 11.9. The zero-order valence-electron chi connectivity index (χ0n) is 12.7. The Labute approximate surface area is 132 Å².